The van der Waals surface area contributed by atoms with Crippen molar-refractivity contribution in [3.63, 3.8) is 0 Å². The first-order valence-electron chi connectivity index (χ1n) is 4.25. The number of aliphatic hydroxyl groups is 1. The average Bonchev–Trinajstić information content (AvgIpc) is 2.13. The number of hydrogen-bond donors (Lipinski definition) is 3. The van der Waals surface area contributed by atoms with E-state index in [1.54, 1.807) is 0 Å². The zero-order valence-electron chi connectivity index (χ0n) is 7.75. The van der Waals surface area contributed by atoms with Crippen molar-refractivity contribution in [3.05, 3.63) is 21.6 Å². The Morgan fingerprint density at radius 1 is 1.79 bits per heavy atom. The fourth-order valence-electron chi connectivity index (χ4n) is 1.02. The number of aromatic nitrogens is 2. The molecule has 0 aliphatic rings. The molecule has 0 unspecified atom stereocenters. The van der Waals surface area contributed by atoms with Crippen LogP contribution in [0.4, 0.5) is 5.69 Å². The van der Waals surface area contributed by atoms with Crippen molar-refractivity contribution >= 4 is 17.3 Å². The molecule has 0 saturated heterocycles. The molecule has 0 saturated carbocycles. The molecule has 0 fully saturated rings. The van der Waals surface area contributed by atoms with Gasteiger partial charge in [0.15, 0.2) is 0 Å². The molecular formula is C8H12ClN3O2. The van der Waals surface area contributed by atoms with Crippen LogP contribution in [-0.2, 0) is 0 Å². The molecule has 14 heavy (non-hydrogen) atoms. The number of nitrogens with zero attached hydrogens (tertiary/aromatic N) is 1. The monoisotopic (exact) mass is 217 g/mol. The van der Waals surface area contributed by atoms with Crippen LogP contribution < -0.4 is 10.9 Å². The third-order valence-corrected chi connectivity index (χ3v) is 2.13. The van der Waals surface area contributed by atoms with Gasteiger partial charge in [0.2, 0.25) is 0 Å². The van der Waals surface area contributed by atoms with E-state index in [0.29, 0.717) is 12.1 Å². The number of rotatable bonds is 4. The van der Waals surface area contributed by atoms with Crippen molar-refractivity contribution in [1.29, 1.82) is 0 Å². The predicted octanol–water partition coefficient (Wildman–Crippen LogP) is 0.606. The molecule has 78 valence electrons. The van der Waals surface area contributed by atoms with E-state index in [1.165, 1.54) is 6.20 Å². The lowest BCUT2D eigenvalue weighted by Crippen LogP contribution is -2.19. The van der Waals surface area contributed by atoms with E-state index >= 15 is 0 Å². The number of nitrogens with one attached hydrogen (secondary N) is 2. The standard InChI is InChI=1S/C8H12ClN3O2/c1-5(2-3-13)11-6-4-10-12-8(14)7(6)9/h4-5,13H,2-3H2,1H3,(H2,11,12,14)/t5-/m1/s1. The Balaban J connectivity index is 2.76. The van der Waals surface area contributed by atoms with Gasteiger partial charge in [0.25, 0.3) is 5.56 Å². The van der Waals surface area contributed by atoms with Crippen LogP contribution in [0.1, 0.15) is 13.3 Å². The first-order chi connectivity index (χ1) is 6.65. The maximum Gasteiger partial charge on any atom is 0.285 e. The number of hydrogen-bond acceptors (Lipinski definition) is 4. The summed E-state index contributed by atoms with van der Waals surface area (Å²) < 4.78 is 0. The van der Waals surface area contributed by atoms with Crippen LogP contribution in [0.3, 0.4) is 0 Å². The largest absolute Gasteiger partial charge is 0.396 e. The quantitative estimate of drug-likeness (QED) is 0.691. The van der Waals surface area contributed by atoms with E-state index < -0.39 is 5.56 Å². The number of halogens is 1. The highest BCUT2D eigenvalue weighted by atomic mass is 35.5. The Morgan fingerprint density at radius 2 is 2.50 bits per heavy atom. The molecule has 1 rings (SSSR count). The lowest BCUT2D eigenvalue weighted by Gasteiger charge is -2.13. The Labute approximate surface area is 86.1 Å². The Bertz CT molecular complexity index is 353. The smallest absolute Gasteiger partial charge is 0.285 e. The minimum Gasteiger partial charge on any atom is -0.396 e. The maximum absolute atomic E-state index is 11.0. The summed E-state index contributed by atoms with van der Waals surface area (Å²) in [7, 11) is 0. The molecule has 1 heterocycles. The molecule has 0 aliphatic carbocycles. The topological polar surface area (TPSA) is 78.0 Å². The van der Waals surface area contributed by atoms with Crippen molar-refractivity contribution < 1.29 is 5.11 Å². The van der Waals surface area contributed by atoms with Gasteiger partial charge in [-0.2, -0.15) is 5.10 Å². The van der Waals surface area contributed by atoms with Gasteiger partial charge in [-0.15, -0.1) is 0 Å². The van der Waals surface area contributed by atoms with Crippen LogP contribution >= 0.6 is 11.6 Å². The summed E-state index contributed by atoms with van der Waals surface area (Å²) in [6.45, 7) is 1.97. The van der Waals surface area contributed by atoms with Crippen molar-refractivity contribution in [2.45, 2.75) is 19.4 Å². The number of anilines is 1. The maximum atomic E-state index is 11.0. The second kappa shape index (κ2) is 4.97. The predicted molar refractivity (Wildman–Crippen MR) is 54.7 cm³/mol. The van der Waals surface area contributed by atoms with Crippen molar-refractivity contribution in [2.75, 3.05) is 11.9 Å². The first-order valence-corrected chi connectivity index (χ1v) is 4.63. The Morgan fingerprint density at radius 3 is 3.14 bits per heavy atom. The summed E-state index contributed by atoms with van der Waals surface area (Å²) in [5.74, 6) is 0. The van der Waals surface area contributed by atoms with Gasteiger partial charge in [0.05, 0.1) is 11.9 Å². The van der Waals surface area contributed by atoms with E-state index in [4.69, 9.17) is 16.7 Å². The van der Waals surface area contributed by atoms with Gasteiger partial charge in [-0.1, -0.05) is 11.6 Å². The normalized spacial score (nSPS) is 12.5. The Hall–Kier alpha value is -1.07. The van der Waals surface area contributed by atoms with Crippen LogP contribution in [0.2, 0.25) is 5.02 Å². The molecular weight excluding hydrogens is 206 g/mol. The fourth-order valence-corrected chi connectivity index (χ4v) is 1.16. The van der Waals surface area contributed by atoms with Crippen molar-refractivity contribution in [1.82, 2.24) is 10.2 Å². The molecule has 5 nitrogen and oxygen atoms in total. The molecule has 0 aliphatic heterocycles. The second-order valence-electron chi connectivity index (χ2n) is 2.98. The molecule has 3 N–H and O–H groups in total. The SMILES string of the molecule is C[C@H](CCO)Nc1cn[nH]c(=O)c1Cl. The molecule has 0 amide bonds. The van der Waals surface area contributed by atoms with Gasteiger partial charge in [-0.3, -0.25) is 4.79 Å². The lowest BCUT2D eigenvalue weighted by molar-refractivity contribution is 0.282. The van der Waals surface area contributed by atoms with Crippen LogP contribution in [0.25, 0.3) is 0 Å². The zero-order valence-corrected chi connectivity index (χ0v) is 8.51. The molecule has 0 radical (unpaired) electrons. The molecule has 1 atom stereocenters. The third-order valence-electron chi connectivity index (χ3n) is 1.76. The van der Waals surface area contributed by atoms with Gasteiger partial charge >= 0.3 is 0 Å². The highest BCUT2D eigenvalue weighted by molar-refractivity contribution is 6.32. The molecule has 0 spiro atoms. The summed E-state index contributed by atoms with van der Waals surface area (Å²) in [6.07, 6.45) is 2.03. The minimum atomic E-state index is -0.423. The van der Waals surface area contributed by atoms with E-state index in [1.807, 2.05) is 6.92 Å². The molecule has 6 heteroatoms. The number of aromatic amines is 1. The lowest BCUT2D eigenvalue weighted by atomic mass is 10.2. The molecule has 0 aromatic carbocycles. The third kappa shape index (κ3) is 2.71. The van der Waals surface area contributed by atoms with E-state index in [-0.39, 0.29) is 17.7 Å². The summed E-state index contributed by atoms with van der Waals surface area (Å²) in [5.41, 5.74) is 0.0595. The highest BCUT2D eigenvalue weighted by Gasteiger charge is 2.07. The van der Waals surface area contributed by atoms with Gasteiger partial charge in [-0.25, -0.2) is 5.10 Å². The van der Waals surface area contributed by atoms with Crippen molar-refractivity contribution in [2.24, 2.45) is 0 Å². The van der Waals surface area contributed by atoms with Crippen LogP contribution in [-0.4, -0.2) is 28.0 Å². The second-order valence-corrected chi connectivity index (χ2v) is 3.36. The fraction of sp³-hybridized carbons (Fsp3) is 0.500. The summed E-state index contributed by atoms with van der Waals surface area (Å²) in [5, 5.41) is 17.6. The van der Waals surface area contributed by atoms with Crippen molar-refractivity contribution in [3.8, 4) is 0 Å². The van der Waals surface area contributed by atoms with E-state index in [2.05, 4.69) is 15.5 Å². The summed E-state index contributed by atoms with van der Waals surface area (Å²) >= 11 is 5.73. The first kappa shape index (κ1) is 11.0. The zero-order chi connectivity index (χ0) is 10.6. The van der Waals surface area contributed by atoms with Crippen LogP contribution in [0.15, 0.2) is 11.0 Å². The minimum absolute atomic E-state index is 0.0427. The van der Waals surface area contributed by atoms with E-state index in [0.717, 1.165) is 0 Å². The Kier molecular flexibility index (Phi) is 3.91. The van der Waals surface area contributed by atoms with Gasteiger partial charge in [0, 0.05) is 12.6 Å². The van der Waals surface area contributed by atoms with Gasteiger partial charge in [-0.05, 0) is 13.3 Å². The van der Waals surface area contributed by atoms with Gasteiger partial charge < -0.3 is 10.4 Å². The number of aliphatic hydroxyl groups excluding tert-OH is 1. The number of H-pyrrole nitrogens is 1. The molecule has 1 aromatic rings. The highest BCUT2D eigenvalue weighted by Crippen LogP contribution is 2.15. The average molecular weight is 218 g/mol. The van der Waals surface area contributed by atoms with Crippen LogP contribution in [0, 0.1) is 0 Å². The van der Waals surface area contributed by atoms with E-state index in [9.17, 15) is 4.79 Å². The molecule has 1 aromatic heterocycles. The summed E-state index contributed by atoms with van der Waals surface area (Å²) in [4.78, 5) is 11.0. The van der Waals surface area contributed by atoms with Crippen LogP contribution in [0.5, 0.6) is 0 Å². The summed E-state index contributed by atoms with van der Waals surface area (Å²) in [6, 6.07) is 0.0427. The molecule has 0 bridgehead atoms. The van der Waals surface area contributed by atoms with Gasteiger partial charge in [0.1, 0.15) is 5.02 Å².